The lowest BCUT2D eigenvalue weighted by Crippen LogP contribution is -2.02. The Bertz CT molecular complexity index is 430. The van der Waals surface area contributed by atoms with E-state index in [1.807, 2.05) is 0 Å². The molecule has 1 aromatic rings. The maximum absolute atomic E-state index is 10.7. The molecule has 0 saturated heterocycles. The molecule has 0 fully saturated rings. The SMILES string of the molecule is CNc1ccc(C)c([N+](=O)[O-])c1[N+](=O)[O-]. The van der Waals surface area contributed by atoms with Gasteiger partial charge >= 0.3 is 11.4 Å². The van der Waals surface area contributed by atoms with Gasteiger partial charge in [-0.25, -0.2) is 0 Å². The summed E-state index contributed by atoms with van der Waals surface area (Å²) in [6, 6.07) is 2.91. The zero-order valence-electron chi connectivity index (χ0n) is 8.18. The minimum atomic E-state index is -0.753. The Morgan fingerprint density at radius 2 is 1.67 bits per heavy atom. The van der Waals surface area contributed by atoms with Crippen molar-refractivity contribution in [3.8, 4) is 0 Å². The summed E-state index contributed by atoms with van der Waals surface area (Å²) >= 11 is 0. The fourth-order valence-electron chi connectivity index (χ4n) is 1.30. The van der Waals surface area contributed by atoms with Crippen molar-refractivity contribution < 1.29 is 9.85 Å². The molecule has 0 radical (unpaired) electrons. The smallest absolute Gasteiger partial charge is 0.369 e. The number of hydrogen-bond donors (Lipinski definition) is 1. The van der Waals surface area contributed by atoms with Gasteiger partial charge in [-0.1, -0.05) is 0 Å². The Balaban J connectivity index is 3.58. The van der Waals surface area contributed by atoms with E-state index in [0.29, 0.717) is 0 Å². The molecule has 0 saturated carbocycles. The molecule has 0 aliphatic heterocycles. The number of anilines is 1. The van der Waals surface area contributed by atoms with Crippen LogP contribution in [-0.2, 0) is 0 Å². The van der Waals surface area contributed by atoms with Crippen LogP contribution in [0, 0.1) is 27.2 Å². The van der Waals surface area contributed by atoms with Gasteiger partial charge < -0.3 is 5.32 Å². The minimum Gasteiger partial charge on any atom is -0.382 e. The summed E-state index contributed by atoms with van der Waals surface area (Å²) in [5.41, 5.74) is -0.558. The molecular formula is C8H9N3O4. The third-order valence-electron chi connectivity index (χ3n) is 1.99. The van der Waals surface area contributed by atoms with E-state index < -0.39 is 21.2 Å². The van der Waals surface area contributed by atoms with Crippen molar-refractivity contribution in [2.75, 3.05) is 12.4 Å². The van der Waals surface area contributed by atoms with Gasteiger partial charge in [-0.15, -0.1) is 0 Å². The third kappa shape index (κ3) is 1.85. The van der Waals surface area contributed by atoms with Crippen LogP contribution in [-0.4, -0.2) is 16.9 Å². The lowest BCUT2D eigenvalue weighted by molar-refractivity contribution is -0.422. The Hall–Kier alpha value is -2.18. The molecule has 0 aromatic heterocycles. The Kier molecular flexibility index (Phi) is 2.84. The summed E-state index contributed by atoms with van der Waals surface area (Å²) in [6.07, 6.45) is 0. The molecule has 0 heterocycles. The predicted octanol–water partition coefficient (Wildman–Crippen LogP) is 1.85. The number of nitro groups is 2. The van der Waals surface area contributed by atoms with Crippen molar-refractivity contribution in [1.29, 1.82) is 0 Å². The van der Waals surface area contributed by atoms with Gasteiger partial charge in [0.1, 0.15) is 5.69 Å². The van der Waals surface area contributed by atoms with E-state index in [0.717, 1.165) is 0 Å². The molecule has 0 aliphatic rings. The standard InChI is InChI=1S/C8H9N3O4/c1-5-3-4-6(9-2)8(11(14)15)7(5)10(12)13/h3-4,9H,1-2H3. The highest BCUT2D eigenvalue weighted by Gasteiger charge is 2.30. The van der Waals surface area contributed by atoms with Gasteiger partial charge in [-0.3, -0.25) is 20.2 Å². The average molecular weight is 211 g/mol. The van der Waals surface area contributed by atoms with Crippen LogP contribution in [0.15, 0.2) is 12.1 Å². The van der Waals surface area contributed by atoms with Gasteiger partial charge in [0.15, 0.2) is 0 Å². The van der Waals surface area contributed by atoms with Crippen molar-refractivity contribution >= 4 is 17.1 Å². The summed E-state index contributed by atoms with van der Waals surface area (Å²) in [4.78, 5) is 19.9. The average Bonchev–Trinajstić information content (AvgIpc) is 2.16. The lowest BCUT2D eigenvalue weighted by atomic mass is 10.1. The number of nitrogens with zero attached hydrogens (tertiary/aromatic N) is 2. The molecule has 15 heavy (non-hydrogen) atoms. The summed E-state index contributed by atoms with van der Waals surface area (Å²) in [5.74, 6) is 0. The van der Waals surface area contributed by atoms with Crippen LogP contribution in [0.1, 0.15) is 5.56 Å². The fourth-order valence-corrected chi connectivity index (χ4v) is 1.30. The molecule has 0 spiro atoms. The molecule has 1 aromatic carbocycles. The fraction of sp³-hybridized carbons (Fsp3) is 0.250. The van der Waals surface area contributed by atoms with E-state index in [2.05, 4.69) is 5.32 Å². The van der Waals surface area contributed by atoms with Crippen molar-refractivity contribution in [3.63, 3.8) is 0 Å². The largest absolute Gasteiger partial charge is 0.382 e. The number of benzene rings is 1. The summed E-state index contributed by atoms with van der Waals surface area (Å²) in [5, 5.41) is 24.0. The van der Waals surface area contributed by atoms with Gasteiger partial charge in [0.05, 0.1) is 9.85 Å². The van der Waals surface area contributed by atoms with E-state index in [1.54, 1.807) is 0 Å². The number of aryl methyl sites for hydroxylation is 1. The van der Waals surface area contributed by atoms with E-state index >= 15 is 0 Å². The van der Waals surface area contributed by atoms with Crippen molar-refractivity contribution in [2.45, 2.75) is 6.92 Å². The second kappa shape index (κ2) is 3.91. The van der Waals surface area contributed by atoms with Gasteiger partial charge in [-0.05, 0) is 19.1 Å². The molecule has 0 atom stereocenters. The topological polar surface area (TPSA) is 98.3 Å². The molecule has 0 amide bonds. The van der Waals surface area contributed by atoms with Gasteiger partial charge in [-0.2, -0.15) is 0 Å². The van der Waals surface area contributed by atoms with E-state index in [4.69, 9.17) is 0 Å². The Morgan fingerprint density at radius 3 is 2.07 bits per heavy atom. The quantitative estimate of drug-likeness (QED) is 0.607. The maximum atomic E-state index is 10.7. The number of rotatable bonds is 3. The van der Waals surface area contributed by atoms with Crippen molar-refractivity contribution in [2.24, 2.45) is 0 Å². The molecule has 80 valence electrons. The highest BCUT2D eigenvalue weighted by atomic mass is 16.6. The molecule has 0 aliphatic carbocycles. The minimum absolute atomic E-state index is 0.136. The normalized spacial score (nSPS) is 9.73. The molecule has 1 rings (SSSR count). The first kappa shape index (κ1) is 10.9. The molecule has 7 heteroatoms. The first-order valence-electron chi connectivity index (χ1n) is 4.09. The zero-order chi connectivity index (χ0) is 11.6. The van der Waals surface area contributed by atoms with Crippen molar-refractivity contribution in [1.82, 2.24) is 0 Å². The van der Waals surface area contributed by atoms with Crippen LogP contribution < -0.4 is 5.32 Å². The van der Waals surface area contributed by atoms with Gasteiger partial charge in [0, 0.05) is 12.6 Å². The van der Waals surface area contributed by atoms with Crippen LogP contribution in [0.25, 0.3) is 0 Å². The third-order valence-corrected chi connectivity index (χ3v) is 1.99. The first-order valence-corrected chi connectivity index (χ1v) is 4.09. The van der Waals surface area contributed by atoms with Gasteiger partial charge in [0.25, 0.3) is 0 Å². The predicted molar refractivity (Wildman–Crippen MR) is 54.0 cm³/mol. The Labute approximate surface area is 85.0 Å². The first-order chi connectivity index (χ1) is 6.99. The molecular weight excluding hydrogens is 202 g/mol. The molecule has 0 unspecified atom stereocenters. The van der Waals surface area contributed by atoms with E-state index in [-0.39, 0.29) is 11.3 Å². The molecule has 7 nitrogen and oxygen atoms in total. The Morgan fingerprint density at radius 1 is 1.13 bits per heavy atom. The van der Waals surface area contributed by atoms with Crippen LogP contribution >= 0.6 is 0 Å². The van der Waals surface area contributed by atoms with E-state index in [9.17, 15) is 20.2 Å². The van der Waals surface area contributed by atoms with Gasteiger partial charge in [0.2, 0.25) is 0 Å². The summed E-state index contributed by atoms with van der Waals surface area (Å²) < 4.78 is 0. The van der Waals surface area contributed by atoms with Crippen LogP contribution in [0.5, 0.6) is 0 Å². The maximum Gasteiger partial charge on any atom is 0.369 e. The highest BCUT2D eigenvalue weighted by molar-refractivity contribution is 5.73. The highest BCUT2D eigenvalue weighted by Crippen LogP contribution is 2.36. The second-order valence-electron chi connectivity index (χ2n) is 2.89. The van der Waals surface area contributed by atoms with Crippen LogP contribution in [0.4, 0.5) is 17.1 Å². The number of hydrogen-bond acceptors (Lipinski definition) is 5. The van der Waals surface area contributed by atoms with Crippen LogP contribution in [0.2, 0.25) is 0 Å². The van der Waals surface area contributed by atoms with E-state index in [1.165, 1.54) is 26.1 Å². The molecule has 1 N–H and O–H groups in total. The summed E-state index contributed by atoms with van der Waals surface area (Å²) in [6.45, 7) is 1.46. The van der Waals surface area contributed by atoms with Crippen molar-refractivity contribution in [3.05, 3.63) is 37.9 Å². The van der Waals surface area contributed by atoms with Crippen LogP contribution in [0.3, 0.4) is 0 Å². The zero-order valence-corrected chi connectivity index (χ0v) is 8.18. The summed E-state index contributed by atoms with van der Waals surface area (Å²) in [7, 11) is 1.47. The lowest BCUT2D eigenvalue weighted by Gasteiger charge is -2.03. The molecule has 0 bridgehead atoms. The number of nitrogens with one attached hydrogen (secondary N) is 1. The number of nitro benzene ring substituents is 2. The monoisotopic (exact) mass is 211 g/mol. The second-order valence-corrected chi connectivity index (χ2v) is 2.89.